The van der Waals surface area contributed by atoms with Gasteiger partial charge in [0, 0.05) is 18.3 Å². The highest BCUT2D eigenvalue weighted by molar-refractivity contribution is 5.85. The van der Waals surface area contributed by atoms with Crippen LogP contribution < -0.4 is 5.32 Å². The van der Waals surface area contributed by atoms with Crippen molar-refractivity contribution < 1.29 is 14.7 Å². The van der Waals surface area contributed by atoms with Gasteiger partial charge in [-0.1, -0.05) is 13.8 Å². The number of carboxylic acid groups (broad SMARTS) is 1. The lowest BCUT2D eigenvalue weighted by atomic mass is 10.0. The van der Waals surface area contributed by atoms with Gasteiger partial charge in [-0.2, -0.15) is 5.10 Å². The third-order valence-corrected chi connectivity index (χ3v) is 3.25. The number of amides is 1. The van der Waals surface area contributed by atoms with Crippen molar-refractivity contribution in [2.75, 3.05) is 0 Å². The molecule has 1 amide bonds. The number of aliphatic carboxylic acids is 1. The van der Waals surface area contributed by atoms with E-state index in [0.29, 0.717) is 0 Å². The fourth-order valence-corrected chi connectivity index (χ4v) is 1.97. The SMILES string of the molecule is Cc1nn(C)c(C)c1CC(=O)NC(C(=O)O)C(C)C. The van der Waals surface area contributed by atoms with E-state index >= 15 is 0 Å². The van der Waals surface area contributed by atoms with Gasteiger partial charge in [-0.05, 0) is 19.8 Å². The highest BCUT2D eigenvalue weighted by atomic mass is 16.4. The molecule has 0 fully saturated rings. The number of carboxylic acids is 1. The minimum atomic E-state index is -1.01. The number of carbonyl (C=O) groups is 2. The normalized spacial score (nSPS) is 12.5. The van der Waals surface area contributed by atoms with Crippen LogP contribution in [-0.4, -0.2) is 32.8 Å². The fraction of sp³-hybridized carbons (Fsp3) is 0.615. The van der Waals surface area contributed by atoms with E-state index in [-0.39, 0.29) is 18.2 Å². The zero-order valence-electron chi connectivity index (χ0n) is 12.0. The maximum Gasteiger partial charge on any atom is 0.326 e. The van der Waals surface area contributed by atoms with Crippen molar-refractivity contribution >= 4 is 11.9 Å². The molecule has 1 atom stereocenters. The van der Waals surface area contributed by atoms with Crippen LogP contribution in [0.1, 0.15) is 30.8 Å². The highest BCUT2D eigenvalue weighted by Crippen LogP contribution is 2.13. The summed E-state index contributed by atoms with van der Waals surface area (Å²) in [6.45, 7) is 7.26. The second-order valence-electron chi connectivity index (χ2n) is 5.08. The highest BCUT2D eigenvalue weighted by Gasteiger charge is 2.24. The lowest BCUT2D eigenvalue weighted by Gasteiger charge is -2.17. The third-order valence-electron chi connectivity index (χ3n) is 3.25. The summed E-state index contributed by atoms with van der Waals surface area (Å²) in [6.07, 6.45) is 0.155. The van der Waals surface area contributed by atoms with Crippen molar-refractivity contribution in [1.82, 2.24) is 15.1 Å². The smallest absolute Gasteiger partial charge is 0.326 e. The van der Waals surface area contributed by atoms with Crippen LogP contribution in [-0.2, 0) is 23.1 Å². The molecule has 0 radical (unpaired) electrons. The van der Waals surface area contributed by atoms with E-state index in [2.05, 4.69) is 10.4 Å². The number of rotatable bonds is 5. The van der Waals surface area contributed by atoms with Gasteiger partial charge in [-0.3, -0.25) is 9.48 Å². The molecule has 0 saturated heterocycles. The number of hydrogen-bond acceptors (Lipinski definition) is 3. The lowest BCUT2D eigenvalue weighted by molar-refractivity contribution is -0.143. The quantitative estimate of drug-likeness (QED) is 0.826. The molecule has 1 heterocycles. The Morgan fingerprint density at radius 1 is 1.37 bits per heavy atom. The van der Waals surface area contributed by atoms with E-state index in [1.807, 2.05) is 20.9 Å². The Morgan fingerprint density at radius 3 is 2.32 bits per heavy atom. The first-order chi connectivity index (χ1) is 8.73. The molecule has 0 aliphatic heterocycles. The van der Waals surface area contributed by atoms with Gasteiger partial charge >= 0.3 is 5.97 Å². The van der Waals surface area contributed by atoms with Gasteiger partial charge in [0.2, 0.25) is 5.91 Å². The van der Waals surface area contributed by atoms with Gasteiger partial charge in [0.25, 0.3) is 0 Å². The zero-order chi connectivity index (χ0) is 14.7. The molecular weight excluding hydrogens is 246 g/mol. The van der Waals surface area contributed by atoms with Crippen molar-refractivity contribution in [2.45, 2.75) is 40.2 Å². The van der Waals surface area contributed by atoms with E-state index in [1.165, 1.54) is 0 Å². The minimum Gasteiger partial charge on any atom is -0.480 e. The molecule has 1 aromatic heterocycles. The molecule has 1 aromatic rings. The van der Waals surface area contributed by atoms with Crippen LogP contribution in [0.25, 0.3) is 0 Å². The summed E-state index contributed by atoms with van der Waals surface area (Å²) in [5.74, 6) is -1.46. The van der Waals surface area contributed by atoms with E-state index in [1.54, 1.807) is 18.5 Å². The standard InChI is InChI=1S/C13H21N3O3/c1-7(2)12(13(18)19)14-11(17)6-10-8(3)15-16(5)9(10)4/h7,12H,6H2,1-5H3,(H,14,17)(H,18,19). The summed E-state index contributed by atoms with van der Waals surface area (Å²) in [6, 6.07) is -0.857. The molecule has 0 aliphatic carbocycles. The van der Waals surface area contributed by atoms with E-state index in [0.717, 1.165) is 17.0 Å². The Kier molecular flexibility index (Phi) is 4.69. The van der Waals surface area contributed by atoms with Gasteiger partial charge in [0.05, 0.1) is 12.1 Å². The molecule has 6 heteroatoms. The summed E-state index contributed by atoms with van der Waals surface area (Å²) in [5.41, 5.74) is 2.57. The summed E-state index contributed by atoms with van der Waals surface area (Å²) >= 11 is 0. The predicted octanol–water partition coefficient (Wildman–Crippen LogP) is 0.805. The van der Waals surface area contributed by atoms with Crippen LogP contribution in [0.2, 0.25) is 0 Å². The van der Waals surface area contributed by atoms with Gasteiger partial charge in [-0.25, -0.2) is 4.79 Å². The van der Waals surface area contributed by atoms with Crippen LogP contribution in [0, 0.1) is 19.8 Å². The summed E-state index contributed by atoms with van der Waals surface area (Å²) in [7, 11) is 1.82. The van der Waals surface area contributed by atoms with Gasteiger partial charge < -0.3 is 10.4 Å². The molecule has 19 heavy (non-hydrogen) atoms. The molecule has 6 nitrogen and oxygen atoms in total. The molecule has 0 spiro atoms. The first-order valence-corrected chi connectivity index (χ1v) is 6.25. The van der Waals surface area contributed by atoms with Gasteiger partial charge in [-0.15, -0.1) is 0 Å². The van der Waals surface area contributed by atoms with E-state index in [9.17, 15) is 9.59 Å². The van der Waals surface area contributed by atoms with Gasteiger partial charge in [0.15, 0.2) is 0 Å². The van der Waals surface area contributed by atoms with Crippen molar-refractivity contribution in [3.05, 3.63) is 17.0 Å². The van der Waals surface area contributed by atoms with Crippen molar-refractivity contribution in [3.63, 3.8) is 0 Å². The Bertz CT molecular complexity index is 492. The van der Waals surface area contributed by atoms with Crippen molar-refractivity contribution in [3.8, 4) is 0 Å². The minimum absolute atomic E-state index is 0.155. The Hall–Kier alpha value is -1.85. The van der Waals surface area contributed by atoms with E-state index < -0.39 is 12.0 Å². The molecule has 106 valence electrons. The maximum absolute atomic E-state index is 11.9. The molecule has 0 bridgehead atoms. The number of aryl methyl sites for hydroxylation is 2. The number of nitrogens with one attached hydrogen (secondary N) is 1. The Balaban J connectivity index is 2.77. The lowest BCUT2D eigenvalue weighted by Crippen LogP contribution is -2.45. The molecule has 1 rings (SSSR count). The summed E-state index contributed by atoms with van der Waals surface area (Å²) < 4.78 is 1.72. The second-order valence-corrected chi connectivity index (χ2v) is 5.08. The maximum atomic E-state index is 11.9. The van der Waals surface area contributed by atoms with Crippen LogP contribution >= 0.6 is 0 Å². The largest absolute Gasteiger partial charge is 0.480 e. The molecule has 0 aromatic carbocycles. The molecular formula is C13H21N3O3. The first-order valence-electron chi connectivity index (χ1n) is 6.25. The number of hydrogen-bond donors (Lipinski definition) is 2. The molecule has 0 aliphatic rings. The fourth-order valence-electron chi connectivity index (χ4n) is 1.97. The third kappa shape index (κ3) is 3.56. The first kappa shape index (κ1) is 15.2. The van der Waals surface area contributed by atoms with Crippen molar-refractivity contribution in [1.29, 1.82) is 0 Å². The Labute approximate surface area is 112 Å². The monoisotopic (exact) mass is 267 g/mol. The Morgan fingerprint density at radius 2 is 1.95 bits per heavy atom. The average Bonchev–Trinajstić information content (AvgIpc) is 2.52. The average molecular weight is 267 g/mol. The second kappa shape index (κ2) is 5.86. The van der Waals surface area contributed by atoms with Crippen LogP contribution in [0.5, 0.6) is 0 Å². The van der Waals surface area contributed by atoms with E-state index in [4.69, 9.17) is 5.11 Å². The molecule has 1 unspecified atom stereocenters. The van der Waals surface area contributed by atoms with Crippen molar-refractivity contribution in [2.24, 2.45) is 13.0 Å². The molecule has 0 saturated carbocycles. The topological polar surface area (TPSA) is 84.2 Å². The predicted molar refractivity (Wildman–Crippen MR) is 70.8 cm³/mol. The molecule has 2 N–H and O–H groups in total. The number of aromatic nitrogens is 2. The number of carbonyl (C=O) groups excluding carboxylic acids is 1. The zero-order valence-corrected chi connectivity index (χ0v) is 12.0. The number of nitrogens with zero attached hydrogens (tertiary/aromatic N) is 2. The summed E-state index contributed by atoms with van der Waals surface area (Å²) in [5, 5.41) is 15.8. The van der Waals surface area contributed by atoms with Gasteiger partial charge in [0.1, 0.15) is 6.04 Å². The van der Waals surface area contributed by atoms with Crippen LogP contribution in [0.4, 0.5) is 0 Å². The van der Waals surface area contributed by atoms with Crippen LogP contribution in [0.3, 0.4) is 0 Å². The summed E-state index contributed by atoms with van der Waals surface area (Å²) in [4.78, 5) is 23.0. The van der Waals surface area contributed by atoms with Crippen LogP contribution in [0.15, 0.2) is 0 Å².